The maximum Gasteiger partial charge on any atom is 0.225 e. The monoisotopic (exact) mass is 259 g/mol. The quantitative estimate of drug-likeness (QED) is 0.846. The van der Waals surface area contributed by atoms with E-state index < -0.39 is 0 Å². The van der Waals surface area contributed by atoms with Gasteiger partial charge in [0.2, 0.25) is 5.95 Å². The van der Waals surface area contributed by atoms with Crippen molar-refractivity contribution in [3.05, 3.63) is 35.9 Å². The minimum Gasteiger partial charge on any atom is -0.396 e. The van der Waals surface area contributed by atoms with Crippen LogP contribution in [0.2, 0.25) is 0 Å². The molecular formula is C13H17N5O. The number of H-pyrrole nitrogens is 1. The smallest absolute Gasteiger partial charge is 0.225 e. The molecule has 1 aliphatic rings. The van der Waals surface area contributed by atoms with Gasteiger partial charge in [-0.25, -0.2) is 9.97 Å². The Kier molecular flexibility index (Phi) is 3.41. The highest BCUT2D eigenvalue weighted by Crippen LogP contribution is 2.28. The van der Waals surface area contributed by atoms with Gasteiger partial charge in [0.1, 0.15) is 0 Å². The summed E-state index contributed by atoms with van der Waals surface area (Å²) < 4.78 is 0. The summed E-state index contributed by atoms with van der Waals surface area (Å²) in [4.78, 5) is 10.7. The van der Waals surface area contributed by atoms with Crippen molar-refractivity contribution in [3.63, 3.8) is 0 Å². The van der Waals surface area contributed by atoms with E-state index in [0.29, 0.717) is 12.3 Å². The van der Waals surface area contributed by atoms with Gasteiger partial charge in [-0.05, 0) is 18.6 Å². The van der Waals surface area contributed by atoms with Crippen LogP contribution in [0.15, 0.2) is 24.5 Å². The Balaban J connectivity index is 1.68. The lowest BCUT2D eigenvalue weighted by atomic mass is 10.0. The van der Waals surface area contributed by atoms with E-state index >= 15 is 0 Å². The highest BCUT2D eigenvalue weighted by atomic mass is 16.3. The first-order chi connectivity index (χ1) is 9.36. The Labute approximate surface area is 111 Å². The van der Waals surface area contributed by atoms with E-state index in [1.165, 1.54) is 0 Å². The van der Waals surface area contributed by atoms with Crippen LogP contribution < -0.4 is 4.90 Å². The SMILES string of the molecule is OCCc1cc([C@@H]2CCN(c3ncccn3)C2)n[nH]1. The molecule has 2 aromatic heterocycles. The second-order valence-corrected chi connectivity index (χ2v) is 4.77. The van der Waals surface area contributed by atoms with E-state index in [4.69, 9.17) is 5.11 Å². The molecule has 6 nitrogen and oxygen atoms in total. The fourth-order valence-corrected chi connectivity index (χ4v) is 2.47. The summed E-state index contributed by atoms with van der Waals surface area (Å²) in [7, 11) is 0. The topological polar surface area (TPSA) is 77.9 Å². The van der Waals surface area contributed by atoms with Gasteiger partial charge in [0, 0.05) is 50.1 Å². The molecule has 0 saturated carbocycles. The average Bonchev–Trinajstić information content (AvgIpc) is 3.08. The molecule has 0 spiro atoms. The Morgan fingerprint density at radius 3 is 3.00 bits per heavy atom. The number of nitrogens with zero attached hydrogens (tertiary/aromatic N) is 4. The second-order valence-electron chi connectivity index (χ2n) is 4.77. The highest BCUT2D eigenvalue weighted by Gasteiger charge is 2.27. The largest absolute Gasteiger partial charge is 0.396 e. The van der Waals surface area contributed by atoms with Crippen molar-refractivity contribution < 1.29 is 5.11 Å². The van der Waals surface area contributed by atoms with Crippen molar-refractivity contribution >= 4 is 5.95 Å². The molecule has 1 fully saturated rings. The van der Waals surface area contributed by atoms with Crippen LogP contribution in [-0.4, -0.2) is 45.0 Å². The van der Waals surface area contributed by atoms with Gasteiger partial charge in [-0.15, -0.1) is 0 Å². The molecule has 0 aromatic carbocycles. The Bertz CT molecular complexity index is 527. The summed E-state index contributed by atoms with van der Waals surface area (Å²) in [5.41, 5.74) is 2.06. The summed E-state index contributed by atoms with van der Waals surface area (Å²) in [6.07, 6.45) is 5.22. The van der Waals surface area contributed by atoms with Crippen molar-refractivity contribution in [2.45, 2.75) is 18.8 Å². The molecule has 0 radical (unpaired) electrons. The third-order valence-corrected chi connectivity index (χ3v) is 3.47. The normalized spacial score (nSPS) is 19.0. The second kappa shape index (κ2) is 5.36. The number of nitrogens with one attached hydrogen (secondary N) is 1. The minimum absolute atomic E-state index is 0.149. The van der Waals surface area contributed by atoms with Crippen LogP contribution in [0.5, 0.6) is 0 Å². The number of hydrogen-bond acceptors (Lipinski definition) is 5. The van der Waals surface area contributed by atoms with E-state index in [1.807, 2.05) is 6.07 Å². The molecule has 0 aliphatic carbocycles. The maximum atomic E-state index is 8.91. The molecule has 1 aliphatic heterocycles. The highest BCUT2D eigenvalue weighted by molar-refractivity contribution is 5.33. The van der Waals surface area contributed by atoms with Gasteiger partial charge in [-0.2, -0.15) is 5.10 Å². The Hall–Kier alpha value is -1.95. The number of hydrogen-bond donors (Lipinski definition) is 2. The molecule has 3 heterocycles. The van der Waals surface area contributed by atoms with Crippen LogP contribution in [0.4, 0.5) is 5.95 Å². The molecule has 1 saturated heterocycles. The van der Waals surface area contributed by atoms with Crippen LogP contribution >= 0.6 is 0 Å². The first-order valence-electron chi connectivity index (χ1n) is 6.54. The van der Waals surface area contributed by atoms with E-state index in [0.717, 1.165) is 36.8 Å². The number of rotatable bonds is 4. The Morgan fingerprint density at radius 2 is 2.21 bits per heavy atom. The summed E-state index contributed by atoms with van der Waals surface area (Å²) in [5, 5.41) is 16.2. The van der Waals surface area contributed by atoms with Crippen molar-refractivity contribution in [2.75, 3.05) is 24.6 Å². The van der Waals surface area contributed by atoms with Crippen LogP contribution in [0.1, 0.15) is 23.7 Å². The number of aromatic amines is 1. The fraction of sp³-hybridized carbons (Fsp3) is 0.462. The molecule has 19 heavy (non-hydrogen) atoms. The molecule has 100 valence electrons. The zero-order valence-corrected chi connectivity index (χ0v) is 10.7. The van der Waals surface area contributed by atoms with Crippen molar-refractivity contribution in [3.8, 4) is 0 Å². The molecule has 0 unspecified atom stereocenters. The third-order valence-electron chi connectivity index (χ3n) is 3.47. The first kappa shape index (κ1) is 12.1. The summed E-state index contributed by atoms with van der Waals surface area (Å²) >= 11 is 0. The Morgan fingerprint density at radius 1 is 1.37 bits per heavy atom. The van der Waals surface area contributed by atoms with E-state index in [9.17, 15) is 0 Å². The minimum atomic E-state index is 0.149. The van der Waals surface area contributed by atoms with Gasteiger partial charge in [0.25, 0.3) is 0 Å². The van der Waals surface area contributed by atoms with Gasteiger partial charge in [0.05, 0.1) is 5.69 Å². The number of anilines is 1. The van der Waals surface area contributed by atoms with Crippen LogP contribution in [-0.2, 0) is 6.42 Å². The summed E-state index contributed by atoms with van der Waals surface area (Å²) in [6.45, 7) is 2.00. The molecule has 6 heteroatoms. The molecule has 0 amide bonds. The number of aliphatic hydroxyl groups is 1. The standard InChI is InChI=1S/C13H17N5O/c19-7-3-11-8-12(17-16-11)10-2-6-18(9-10)13-14-4-1-5-15-13/h1,4-5,8,10,19H,2-3,6-7,9H2,(H,16,17)/t10-/m1/s1. The molecule has 1 atom stereocenters. The zero-order valence-electron chi connectivity index (χ0n) is 10.7. The lowest BCUT2D eigenvalue weighted by molar-refractivity contribution is 0.298. The van der Waals surface area contributed by atoms with E-state index in [-0.39, 0.29) is 6.61 Å². The predicted octanol–water partition coefficient (Wildman–Crippen LogP) is 0.728. The van der Waals surface area contributed by atoms with Crippen LogP contribution in [0, 0.1) is 0 Å². The molecule has 2 aromatic rings. The zero-order chi connectivity index (χ0) is 13.1. The van der Waals surface area contributed by atoms with Gasteiger partial charge in [0.15, 0.2) is 0 Å². The summed E-state index contributed by atoms with van der Waals surface area (Å²) in [6, 6.07) is 3.88. The predicted molar refractivity (Wildman–Crippen MR) is 71.0 cm³/mol. The van der Waals surface area contributed by atoms with Gasteiger partial charge in [-0.3, -0.25) is 5.10 Å². The van der Waals surface area contributed by atoms with Gasteiger partial charge < -0.3 is 10.0 Å². The van der Waals surface area contributed by atoms with E-state index in [1.54, 1.807) is 12.4 Å². The van der Waals surface area contributed by atoms with Gasteiger partial charge >= 0.3 is 0 Å². The van der Waals surface area contributed by atoms with Crippen molar-refractivity contribution in [1.82, 2.24) is 20.2 Å². The number of aliphatic hydroxyl groups excluding tert-OH is 1. The average molecular weight is 259 g/mol. The maximum absolute atomic E-state index is 8.91. The molecule has 3 rings (SSSR count). The lowest BCUT2D eigenvalue weighted by Gasteiger charge is -2.14. The molecular weight excluding hydrogens is 242 g/mol. The third kappa shape index (κ3) is 2.58. The number of aromatic nitrogens is 4. The van der Waals surface area contributed by atoms with Crippen LogP contribution in [0.3, 0.4) is 0 Å². The molecule has 0 bridgehead atoms. The summed E-state index contributed by atoms with van der Waals surface area (Å²) in [5.74, 6) is 1.20. The van der Waals surface area contributed by atoms with Crippen LogP contribution in [0.25, 0.3) is 0 Å². The van der Waals surface area contributed by atoms with Crippen molar-refractivity contribution in [1.29, 1.82) is 0 Å². The van der Waals surface area contributed by atoms with Gasteiger partial charge in [-0.1, -0.05) is 0 Å². The fourth-order valence-electron chi connectivity index (χ4n) is 2.47. The molecule has 2 N–H and O–H groups in total. The lowest BCUT2D eigenvalue weighted by Crippen LogP contribution is -2.21. The van der Waals surface area contributed by atoms with Crippen molar-refractivity contribution in [2.24, 2.45) is 0 Å². The van der Waals surface area contributed by atoms with E-state index in [2.05, 4.69) is 31.1 Å². The first-order valence-corrected chi connectivity index (χ1v) is 6.54.